The molecule has 0 saturated heterocycles. The summed E-state index contributed by atoms with van der Waals surface area (Å²) >= 11 is 0. The minimum Gasteiger partial charge on any atom is -0.0848 e. The third-order valence-electron chi connectivity index (χ3n) is 1.37. The molecule has 0 amide bonds. The molecule has 0 aliphatic carbocycles. The molecule has 0 spiro atoms. The molecule has 0 aromatic heterocycles. The summed E-state index contributed by atoms with van der Waals surface area (Å²) in [6, 6.07) is 0. The van der Waals surface area contributed by atoms with Crippen molar-refractivity contribution in [3.63, 3.8) is 0 Å². The quantitative estimate of drug-likeness (QED) is 0.545. The van der Waals surface area contributed by atoms with Crippen molar-refractivity contribution in [2.75, 3.05) is 0 Å². The van der Waals surface area contributed by atoms with Gasteiger partial charge in [-0.2, -0.15) is 0 Å². The zero-order valence-corrected chi connectivity index (χ0v) is 8.64. The van der Waals surface area contributed by atoms with E-state index in [2.05, 4.69) is 13.0 Å². The molecule has 0 aliphatic heterocycles. The molecule has 0 fully saturated rings. The van der Waals surface area contributed by atoms with Gasteiger partial charge in [0, 0.05) is 0 Å². The Hall–Kier alpha value is -1.56. The van der Waals surface area contributed by atoms with Gasteiger partial charge in [-0.05, 0) is 6.42 Å². The highest BCUT2D eigenvalue weighted by Crippen LogP contribution is 1.85. The second kappa shape index (κ2) is 11.4. The van der Waals surface area contributed by atoms with Gasteiger partial charge in [0.2, 0.25) is 0 Å². The van der Waals surface area contributed by atoms with Crippen LogP contribution in [0.15, 0.2) is 66.8 Å². The Kier molecular flexibility index (Phi) is 10.2. The number of allylic oxidation sites excluding steroid dienone is 11. The van der Waals surface area contributed by atoms with Gasteiger partial charge in [0.25, 0.3) is 0 Å². The van der Waals surface area contributed by atoms with Crippen LogP contribution in [0.3, 0.4) is 0 Å². The van der Waals surface area contributed by atoms with Crippen molar-refractivity contribution in [3.8, 4) is 0 Å². The van der Waals surface area contributed by atoms with Gasteiger partial charge < -0.3 is 0 Å². The summed E-state index contributed by atoms with van der Waals surface area (Å²) in [7, 11) is 0. The third kappa shape index (κ3) is 10.4. The molecule has 0 heteroatoms. The Bertz CT molecular complexity index is 260. The van der Waals surface area contributed by atoms with E-state index >= 15 is 0 Å². The Morgan fingerprint density at radius 1 is 0.714 bits per heavy atom. The van der Waals surface area contributed by atoms with Crippen LogP contribution in [0, 0.1) is 6.58 Å². The van der Waals surface area contributed by atoms with E-state index in [9.17, 15) is 0 Å². The van der Waals surface area contributed by atoms with Crippen molar-refractivity contribution < 1.29 is 0 Å². The molecule has 14 heavy (non-hydrogen) atoms. The molecule has 1 radical (unpaired) electrons. The van der Waals surface area contributed by atoms with Crippen LogP contribution in [-0.2, 0) is 0 Å². The first-order valence-corrected chi connectivity index (χ1v) is 4.78. The molecular weight excluding hydrogens is 168 g/mol. The largest absolute Gasteiger partial charge is 0.0848 e. The Labute approximate surface area is 87.3 Å². The summed E-state index contributed by atoms with van der Waals surface area (Å²) in [5.41, 5.74) is 0. The highest BCUT2D eigenvalue weighted by molar-refractivity contribution is 5.18. The molecule has 0 aliphatic rings. The van der Waals surface area contributed by atoms with E-state index in [4.69, 9.17) is 6.58 Å². The summed E-state index contributed by atoms with van der Waals surface area (Å²) in [6.45, 7) is 7.27. The van der Waals surface area contributed by atoms with Crippen LogP contribution >= 0.6 is 0 Å². The first-order valence-electron chi connectivity index (χ1n) is 4.78. The molecular formula is C14H17. The smallest absolute Gasteiger partial charge is 0.0376 e. The lowest BCUT2D eigenvalue weighted by atomic mass is 10.3. The first kappa shape index (κ1) is 12.4. The summed E-state index contributed by atoms with van der Waals surface area (Å²) in [5.74, 6) is 0. The van der Waals surface area contributed by atoms with Crippen LogP contribution < -0.4 is 0 Å². The predicted octanol–water partition coefficient (Wildman–Crippen LogP) is 4.17. The SMILES string of the molecule is [CH]=C/C=C/C=C/C=C/C=C/C=C/CC. The number of hydrogen-bond acceptors (Lipinski definition) is 0. The van der Waals surface area contributed by atoms with E-state index in [1.807, 2.05) is 48.6 Å². The molecule has 0 nitrogen and oxygen atoms in total. The van der Waals surface area contributed by atoms with Gasteiger partial charge in [0.05, 0.1) is 0 Å². The van der Waals surface area contributed by atoms with Crippen LogP contribution in [0.25, 0.3) is 0 Å². The van der Waals surface area contributed by atoms with Crippen molar-refractivity contribution in [3.05, 3.63) is 73.4 Å². The molecule has 0 aromatic rings. The van der Waals surface area contributed by atoms with E-state index in [1.165, 1.54) is 6.08 Å². The van der Waals surface area contributed by atoms with Gasteiger partial charge in [0.1, 0.15) is 0 Å². The molecule has 0 atom stereocenters. The second-order valence-electron chi connectivity index (χ2n) is 2.57. The highest BCUT2D eigenvalue weighted by Gasteiger charge is 1.63. The topological polar surface area (TPSA) is 0 Å². The van der Waals surface area contributed by atoms with Crippen molar-refractivity contribution in [2.24, 2.45) is 0 Å². The monoisotopic (exact) mass is 185 g/mol. The fraction of sp³-hybridized carbons (Fsp3) is 0.143. The standard InChI is InChI=1S/C14H17/c1-3-5-7-9-11-13-14-12-10-8-6-4-2/h1,3,5-14H,4H2,2H3/b3-1?,7-5+,8-6+,11-9+,12-10+,14-13+. The number of hydrogen-bond donors (Lipinski definition) is 0. The summed E-state index contributed by atoms with van der Waals surface area (Å²) in [4.78, 5) is 0. The summed E-state index contributed by atoms with van der Waals surface area (Å²) in [6.07, 6.45) is 22.2. The van der Waals surface area contributed by atoms with Crippen LogP contribution in [0.2, 0.25) is 0 Å². The van der Waals surface area contributed by atoms with E-state index in [0.29, 0.717) is 0 Å². The maximum atomic E-state index is 5.15. The summed E-state index contributed by atoms with van der Waals surface area (Å²) < 4.78 is 0. The molecule has 0 aromatic carbocycles. The Morgan fingerprint density at radius 3 is 1.57 bits per heavy atom. The number of rotatable bonds is 6. The highest BCUT2D eigenvalue weighted by atomic mass is 13.7. The Morgan fingerprint density at radius 2 is 1.14 bits per heavy atom. The van der Waals surface area contributed by atoms with Gasteiger partial charge in [-0.25, -0.2) is 0 Å². The molecule has 0 heterocycles. The fourth-order valence-corrected chi connectivity index (χ4v) is 0.728. The van der Waals surface area contributed by atoms with Gasteiger partial charge in [0.15, 0.2) is 0 Å². The van der Waals surface area contributed by atoms with E-state index in [0.717, 1.165) is 6.42 Å². The molecule has 0 bridgehead atoms. The van der Waals surface area contributed by atoms with Crippen LogP contribution in [-0.4, -0.2) is 0 Å². The zero-order chi connectivity index (χ0) is 10.5. The lowest BCUT2D eigenvalue weighted by Crippen LogP contribution is -1.53. The third-order valence-corrected chi connectivity index (χ3v) is 1.37. The lowest BCUT2D eigenvalue weighted by Gasteiger charge is -1.75. The Balaban J connectivity index is 3.67. The lowest BCUT2D eigenvalue weighted by molar-refractivity contribution is 1.22. The second-order valence-corrected chi connectivity index (χ2v) is 2.57. The van der Waals surface area contributed by atoms with Crippen molar-refractivity contribution in [2.45, 2.75) is 13.3 Å². The van der Waals surface area contributed by atoms with Gasteiger partial charge in [-0.1, -0.05) is 80.3 Å². The van der Waals surface area contributed by atoms with Crippen molar-refractivity contribution in [1.82, 2.24) is 0 Å². The molecule has 0 saturated carbocycles. The fourth-order valence-electron chi connectivity index (χ4n) is 0.728. The molecule has 0 rings (SSSR count). The van der Waals surface area contributed by atoms with Crippen LogP contribution in [0.1, 0.15) is 13.3 Å². The van der Waals surface area contributed by atoms with E-state index < -0.39 is 0 Å². The molecule has 73 valence electrons. The summed E-state index contributed by atoms with van der Waals surface area (Å²) in [5, 5.41) is 0. The van der Waals surface area contributed by atoms with E-state index in [-0.39, 0.29) is 0 Å². The average Bonchev–Trinajstić information content (AvgIpc) is 2.21. The maximum Gasteiger partial charge on any atom is -0.0376 e. The molecule has 0 unspecified atom stereocenters. The normalized spacial score (nSPS) is 13.2. The minimum atomic E-state index is 1.08. The maximum absolute atomic E-state index is 5.15. The van der Waals surface area contributed by atoms with Gasteiger partial charge >= 0.3 is 0 Å². The van der Waals surface area contributed by atoms with Crippen molar-refractivity contribution >= 4 is 0 Å². The predicted molar refractivity (Wildman–Crippen MR) is 64.9 cm³/mol. The molecule has 0 N–H and O–H groups in total. The van der Waals surface area contributed by atoms with Crippen LogP contribution in [0.4, 0.5) is 0 Å². The average molecular weight is 185 g/mol. The van der Waals surface area contributed by atoms with Crippen LogP contribution in [0.5, 0.6) is 0 Å². The zero-order valence-electron chi connectivity index (χ0n) is 8.64. The van der Waals surface area contributed by atoms with Gasteiger partial charge in [-0.3, -0.25) is 0 Å². The first-order chi connectivity index (χ1) is 6.91. The van der Waals surface area contributed by atoms with E-state index in [1.54, 1.807) is 6.08 Å². The minimum absolute atomic E-state index is 1.08. The van der Waals surface area contributed by atoms with Crippen molar-refractivity contribution in [1.29, 1.82) is 0 Å². The van der Waals surface area contributed by atoms with Gasteiger partial charge in [-0.15, -0.1) is 0 Å².